The molecule has 4 aromatic rings. The van der Waals surface area contributed by atoms with Crippen LogP contribution in [0.3, 0.4) is 0 Å². The number of ketones is 1. The summed E-state index contributed by atoms with van der Waals surface area (Å²) in [7, 11) is 0. The molecule has 1 aliphatic rings. The van der Waals surface area contributed by atoms with Crippen molar-refractivity contribution in [3.8, 4) is 5.75 Å². The summed E-state index contributed by atoms with van der Waals surface area (Å²) in [6, 6.07) is 17.7. The third kappa shape index (κ3) is 5.20. The first-order valence-corrected chi connectivity index (χ1v) is 12.4. The van der Waals surface area contributed by atoms with Crippen LogP contribution in [0.5, 0.6) is 5.75 Å². The van der Waals surface area contributed by atoms with Gasteiger partial charge in [0, 0.05) is 43.4 Å². The molecule has 0 radical (unpaired) electrons. The van der Waals surface area contributed by atoms with Gasteiger partial charge in [0.1, 0.15) is 18.1 Å². The maximum Gasteiger partial charge on any atom is 0.295 e. The molecular formula is C30H28N4O4. The lowest BCUT2D eigenvalue weighted by Gasteiger charge is -2.25. The number of nitrogens with zero attached hydrogens (tertiary/aromatic N) is 4. The molecule has 8 heteroatoms. The molecule has 0 saturated carbocycles. The average Bonchev–Trinajstić information content (AvgIpc) is 3.55. The zero-order chi connectivity index (χ0) is 26.5. The second-order valence-corrected chi connectivity index (χ2v) is 9.17. The van der Waals surface area contributed by atoms with E-state index in [9.17, 15) is 14.7 Å². The highest BCUT2D eigenvalue weighted by Crippen LogP contribution is 2.39. The number of aliphatic hydroxyl groups excluding tert-OH is 1. The number of imidazole rings is 1. The number of carbonyl (C=O) groups excluding carboxylic acids is 2. The summed E-state index contributed by atoms with van der Waals surface area (Å²) >= 11 is 0. The smallest absolute Gasteiger partial charge is 0.295 e. The molecule has 1 unspecified atom stereocenters. The first kappa shape index (κ1) is 25.0. The Labute approximate surface area is 220 Å². The molecule has 1 aliphatic heterocycles. The van der Waals surface area contributed by atoms with Crippen LogP contribution in [0.1, 0.15) is 34.7 Å². The van der Waals surface area contributed by atoms with Crippen LogP contribution in [0.2, 0.25) is 0 Å². The van der Waals surface area contributed by atoms with Gasteiger partial charge < -0.3 is 19.3 Å². The van der Waals surface area contributed by atoms with Gasteiger partial charge in [-0.2, -0.15) is 0 Å². The molecule has 0 spiro atoms. The lowest BCUT2D eigenvalue weighted by molar-refractivity contribution is -0.139. The Hall–Kier alpha value is -4.72. The van der Waals surface area contributed by atoms with Crippen LogP contribution >= 0.6 is 0 Å². The third-order valence-electron chi connectivity index (χ3n) is 6.72. The van der Waals surface area contributed by atoms with E-state index in [2.05, 4.69) is 9.97 Å². The van der Waals surface area contributed by atoms with Gasteiger partial charge in [0.2, 0.25) is 0 Å². The monoisotopic (exact) mass is 508 g/mol. The summed E-state index contributed by atoms with van der Waals surface area (Å²) in [5, 5.41) is 11.3. The standard InChI is InChI=1S/C30H28N4O4/c1-21-5-2-3-6-24(21)19-38-25-9-7-23(8-10-25)28(35)26-27(22-11-13-31-14-12-22)34(30(37)29(26)36)17-4-16-33-18-15-32-20-33/h2-3,5-15,18,20,27,35H,4,16-17,19H2,1H3/b28-26-. The topological polar surface area (TPSA) is 97.6 Å². The number of amides is 1. The minimum atomic E-state index is -0.710. The number of Topliss-reactive ketones (excluding diaryl/α,β-unsaturated/α-hetero) is 1. The van der Waals surface area contributed by atoms with Crippen molar-refractivity contribution in [1.82, 2.24) is 19.4 Å². The van der Waals surface area contributed by atoms with E-state index in [0.29, 0.717) is 43.0 Å². The largest absolute Gasteiger partial charge is 0.507 e. The lowest BCUT2D eigenvalue weighted by Crippen LogP contribution is -2.31. The van der Waals surface area contributed by atoms with Gasteiger partial charge in [-0.1, -0.05) is 24.3 Å². The number of aryl methyl sites for hydroxylation is 2. The molecule has 1 N–H and O–H groups in total. The molecule has 1 saturated heterocycles. The van der Waals surface area contributed by atoms with E-state index < -0.39 is 17.7 Å². The van der Waals surface area contributed by atoms with Crippen molar-refractivity contribution < 1.29 is 19.4 Å². The van der Waals surface area contributed by atoms with Crippen LogP contribution in [0.25, 0.3) is 5.76 Å². The quantitative estimate of drug-likeness (QED) is 0.200. The molecule has 1 fully saturated rings. The van der Waals surface area contributed by atoms with Crippen molar-refractivity contribution in [1.29, 1.82) is 0 Å². The van der Waals surface area contributed by atoms with Gasteiger partial charge in [-0.15, -0.1) is 0 Å². The van der Waals surface area contributed by atoms with Crippen LogP contribution in [0, 0.1) is 6.92 Å². The first-order valence-electron chi connectivity index (χ1n) is 12.4. The summed E-state index contributed by atoms with van der Waals surface area (Å²) in [5.41, 5.74) is 3.44. The molecule has 8 nitrogen and oxygen atoms in total. The molecular weight excluding hydrogens is 480 g/mol. The van der Waals surface area contributed by atoms with E-state index in [-0.39, 0.29) is 11.3 Å². The van der Waals surface area contributed by atoms with Gasteiger partial charge in [0.15, 0.2) is 0 Å². The van der Waals surface area contributed by atoms with Crippen molar-refractivity contribution in [3.63, 3.8) is 0 Å². The highest BCUT2D eigenvalue weighted by molar-refractivity contribution is 6.46. The maximum absolute atomic E-state index is 13.2. The zero-order valence-electron chi connectivity index (χ0n) is 21.0. The van der Waals surface area contributed by atoms with Crippen LogP contribution in [-0.2, 0) is 22.7 Å². The van der Waals surface area contributed by atoms with Crippen molar-refractivity contribution in [3.05, 3.63) is 120 Å². The van der Waals surface area contributed by atoms with Crippen LogP contribution in [0.15, 0.2) is 97.4 Å². The van der Waals surface area contributed by atoms with E-state index in [1.54, 1.807) is 61.3 Å². The number of hydrogen-bond acceptors (Lipinski definition) is 6. The molecule has 0 aliphatic carbocycles. The second kappa shape index (κ2) is 11.1. The van der Waals surface area contributed by atoms with Crippen LogP contribution < -0.4 is 4.74 Å². The van der Waals surface area contributed by atoms with Gasteiger partial charge in [0.05, 0.1) is 17.9 Å². The molecule has 1 amide bonds. The van der Waals surface area contributed by atoms with Gasteiger partial charge in [0.25, 0.3) is 11.7 Å². The molecule has 3 heterocycles. The Balaban J connectivity index is 1.40. The minimum Gasteiger partial charge on any atom is -0.507 e. The maximum atomic E-state index is 13.2. The Morgan fingerprint density at radius 1 is 0.947 bits per heavy atom. The Bertz CT molecular complexity index is 1450. The van der Waals surface area contributed by atoms with Gasteiger partial charge in [-0.3, -0.25) is 14.6 Å². The molecule has 192 valence electrons. The average molecular weight is 509 g/mol. The van der Waals surface area contributed by atoms with E-state index in [1.807, 2.05) is 42.0 Å². The Morgan fingerprint density at radius 3 is 2.42 bits per heavy atom. The molecule has 38 heavy (non-hydrogen) atoms. The number of carbonyl (C=O) groups is 2. The number of ether oxygens (including phenoxy) is 1. The van der Waals surface area contributed by atoms with Crippen molar-refractivity contribution in [2.75, 3.05) is 6.54 Å². The predicted octanol–water partition coefficient (Wildman–Crippen LogP) is 4.68. The normalized spacial score (nSPS) is 16.7. The highest BCUT2D eigenvalue weighted by atomic mass is 16.5. The van der Waals surface area contributed by atoms with Gasteiger partial charge >= 0.3 is 0 Å². The fraction of sp³-hybridized carbons (Fsp3) is 0.200. The molecule has 5 rings (SSSR count). The summed E-state index contributed by atoms with van der Waals surface area (Å²) in [4.78, 5) is 35.9. The van der Waals surface area contributed by atoms with Crippen molar-refractivity contribution in [2.45, 2.75) is 32.5 Å². The number of aliphatic hydroxyl groups is 1. The van der Waals surface area contributed by atoms with Crippen molar-refractivity contribution >= 4 is 17.4 Å². The number of hydrogen-bond donors (Lipinski definition) is 1. The first-order chi connectivity index (χ1) is 18.5. The summed E-state index contributed by atoms with van der Waals surface area (Å²) in [6.07, 6.45) is 9.11. The molecule has 0 bridgehead atoms. The Morgan fingerprint density at radius 2 is 1.71 bits per heavy atom. The zero-order valence-corrected chi connectivity index (χ0v) is 21.0. The van der Waals surface area contributed by atoms with E-state index >= 15 is 0 Å². The molecule has 2 aromatic carbocycles. The SMILES string of the molecule is Cc1ccccc1COc1ccc(/C(O)=C2/C(=O)C(=O)N(CCCn3ccnc3)C2c2ccncc2)cc1. The Kier molecular flexibility index (Phi) is 7.31. The van der Waals surface area contributed by atoms with Crippen LogP contribution in [-0.4, -0.2) is 42.8 Å². The fourth-order valence-electron chi connectivity index (χ4n) is 4.64. The second-order valence-electron chi connectivity index (χ2n) is 9.17. The van der Waals surface area contributed by atoms with Gasteiger partial charge in [-0.05, 0) is 66.4 Å². The third-order valence-corrected chi connectivity index (χ3v) is 6.72. The minimum absolute atomic E-state index is 0.0670. The predicted molar refractivity (Wildman–Crippen MR) is 142 cm³/mol. The number of aromatic nitrogens is 3. The van der Waals surface area contributed by atoms with Gasteiger partial charge in [-0.25, -0.2) is 4.98 Å². The van der Waals surface area contributed by atoms with E-state index in [0.717, 1.165) is 11.1 Å². The van der Waals surface area contributed by atoms with E-state index in [4.69, 9.17) is 4.74 Å². The summed E-state index contributed by atoms with van der Waals surface area (Å²) < 4.78 is 7.83. The van der Waals surface area contributed by atoms with E-state index in [1.165, 1.54) is 4.90 Å². The highest BCUT2D eigenvalue weighted by Gasteiger charge is 2.45. The number of rotatable bonds is 9. The summed E-state index contributed by atoms with van der Waals surface area (Å²) in [6.45, 7) is 3.45. The summed E-state index contributed by atoms with van der Waals surface area (Å²) in [5.74, 6) is -0.910. The van der Waals surface area contributed by atoms with Crippen molar-refractivity contribution in [2.24, 2.45) is 0 Å². The number of pyridine rings is 1. The number of benzene rings is 2. The molecule has 2 aromatic heterocycles. The molecule has 1 atom stereocenters. The van der Waals surface area contributed by atoms with Crippen LogP contribution in [0.4, 0.5) is 0 Å². The lowest BCUT2D eigenvalue weighted by atomic mass is 9.96. The fourth-order valence-corrected chi connectivity index (χ4v) is 4.64. The number of likely N-dealkylation sites (tertiary alicyclic amines) is 1.